The lowest BCUT2D eigenvalue weighted by Crippen LogP contribution is -2.18. The second-order valence-electron chi connectivity index (χ2n) is 4.16. The molecule has 2 rings (SSSR count). The van der Waals surface area contributed by atoms with Crippen molar-refractivity contribution in [3.8, 4) is 0 Å². The Morgan fingerprint density at radius 3 is 2.60 bits per heavy atom. The fraction of sp³-hybridized carbons (Fsp3) is 0.250. The second kappa shape index (κ2) is 3.21. The number of aromatic nitrogens is 1. The Morgan fingerprint density at radius 1 is 1.27 bits per heavy atom. The zero-order valence-electron chi connectivity index (χ0n) is 8.86. The molecule has 0 atom stereocenters. The number of pyridine rings is 1. The molecule has 3 heteroatoms. The highest BCUT2D eigenvalue weighted by Gasteiger charge is 2.22. The molecule has 3 N–H and O–H groups in total. The van der Waals surface area contributed by atoms with E-state index in [9.17, 15) is 5.11 Å². The summed E-state index contributed by atoms with van der Waals surface area (Å²) >= 11 is 0. The molecule has 0 spiro atoms. The molecule has 1 aromatic heterocycles. The summed E-state index contributed by atoms with van der Waals surface area (Å²) < 4.78 is 0. The molecule has 0 aliphatic rings. The average molecular weight is 202 g/mol. The van der Waals surface area contributed by atoms with Crippen LogP contribution in [-0.2, 0) is 5.60 Å². The molecular weight excluding hydrogens is 188 g/mol. The number of benzene rings is 1. The monoisotopic (exact) mass is 202 g/mol. The van der Waals surface area contributed by atoms with Gasteiger partial charge >= 0.3 is 0 Å². The smallest absolute Gasteiger partial charge is 0.0867 e. The number of nitrogen functional groups attached to an aromatic ring is 1. The molecule has 0 saturated heterocycles. The standard InChI is InChI=1S/C12H14N2O/c1-12(2,15)11-8-5-3-4-6-10(8)14-7-9(11)13/h3-7,15H,13H2,1-2H3. The minimum Gasteiger partial charge on any atom is -0.397 e. The van der Waals surface area contributed by atoms with Crippen molar-refractivity contribution in [2.24, 2.45) is 0 Å². The van der Waals surface area contributed by atoms with Gasteiger partial charge in [0.1, 0.15) is 0 Å². The highest BCUT2D eigenvalue weighted by molar-refractivity contribution is 5.86. The number of nitrogens with zero attached hydrogens (tertiary/aromatic N) is 1. The van der Waals surface area contributed by atoms with E-state index in [1.807, 2.05) is 24.3 Å². The third-order valence-corrected chi connectivity index (χ3v) is 2.42. The summed E-state index contributed by atoms with van der Waals surface area (Å²) in [5.41, 5.74) is 7.02. The molecule has 0 aliphatic heterocycles. The van der Waals surface area contributed by atoms with Crippen molar-refractivity contribution in [2.75, 3.05) is 5.73 Å². The largest absolute Gasteiger partial charge is 0.397 e. The molecule has 0 saturated carbocycles. The number of anilines is 1. The molecule has 1 heterocycles. The van der Waals surface area contributed by atoms with Gasteiger partial charge in [-0.2, -0.15) is 0 Å². The van der Waals surface area contributed by atoms with Crippen LogP contribution in [0.2, 0.25) is 0 Å². The predicted molar refractivity (Wildman–Crippen MR) is 61.4 cm³/mol. The van der Waals surface area contributed by atoms with Gasteiger partial charge in [-0.15, -0.1) is 0 Å². The summed E-state index contributed by atoms with van der Waals surface area (Å²) in [6.07, 6.45) is 1.59. The van der Waals surface area contributed by atoms with Gasteiger partial charge in [0.05, 0.1) is 23.0 Å². The van der Waals surface area contributed by atoms with E-state index < -0.39 is 5.60 Å². The van der Waals surface area contributed by atoms with Gasteiger partial charge in [-0.3, -0.25) is 4.98 Å². The zero-order chi connectivity index (χ0) is 11.1. The molecule has 0 fully saturated rings. The average Bonchev–Trinajstić information content (AvgIpc) is 2.15. The fourth-order valence-electron chi connectivity index (χ4n) is 1.84. The van der Waals surface area contributed by atoms with Crippen LogP contribution in [0.1, 0.15) is 19.4 Å². The summed E-state index contributed by atoms with van der Waals surface area (Å²) in [6.45, 7) is 3.45. The van der Waals surface area contributed by atoms with Crippen LogP contribution in [0.4, 0.5) is 5.69 Å². The maximum absolute atomic E-state index is 10.1. The Kier molecular flexibility index (Phi) is 2.12. The van der Waals surface area contributed by atoms with E-state index in [1.54, 1.807) is 20.0 Å². The lowest BCUT2D eigenvalue weighted by atomic mass is 9.93. The third kappa shape index (κ3) is 1.66. The fourth-order valence-corrected chi connectivity index (χ4v) is 1.84. The first-order valence-corrected chi connectivity index (χ1v) is 4.86. The Balaban J connectivity index is 2.86. The molecule has 0 bridgehead atoms. The predicted octanol–water partition coefficient (Wildman–Crippen LogP) is 2.04. The Hall–Kier alpha value is -1.61. The molecule has 2 aromatic rings. The van der Waals surface area contributed by atoms with Gasteiger partial charge in [0.15, 0.2) is 0 Å². The lowest BCUT2D eigenvalue weighted by Gasteiger charge is -2.21. The van der Waals surface area contributed by atoms with E-state index in [0.717, 1.165) is 16.5 Å². The highest BCUT2D eigenvalue weighted by Crippen LogP contribution is 2.31. The van der Waals surface area contributed by atoms with Crippen molar-refractivity contribution in [1.29, 1.82) is 0 Å². The van der Waals surface area contributed by atoms with Crippen LogP contribution in [0.5, 0.6) is 0 Å². The Bertz CT molecular complexity index is 500. The van der Waals surface area contributed by atoms with Crippen LogP contribution >= 0.6 is 0 Å². The molecular formula is C12H14N2O. The molecule has 15 heavy (non-hydrogen) atoms. The van der Waals surface area contributed by atoms with Crippen LogP contribution in [0.25, 0.3) is 10.9 Å². The Morgan fingerprint density at radius 2 is 1.93 bits per heavy atom. The molecule has 0 radical (unpaired) electrons. The van der Waals surface area contributed by atoms with Crippen molar-refractivity contribution in [3.05, 3.63) is 36.0 Å². The van der Waals surface area contributed by atoms with E-state index in [0.29, 0.717) is 5.69 Å². The van der Waals surface area contributed by atoms with Crippen LogP contribution in [0.15, 0.2) is 30.5 Å². The van der Waals surface area contributed by atoms with Crippen LogP contribution < -0.4 is 5.73 Å². The number of para-hydroxylation sites is 1. The van der Waals surface area contributed by atoms with Crippen molar-refractivity contribution in [1.82, 2.24) is 4.98 Å². The molecule has 0 amide bonds. The van der Waals surface area contributed by atoms with E-state index >= 15 is 0 Å². The van der Waals surface area contributed by atoms with E-state index in [1.165, 1.54) is 0 Å². The molecule has 0 aliphatic carbocycles. The number of fused-ring (bicyclic) bond motifs is 1. The third-order valence-electron chi connectivity index (χ3n) is 2.42. The number of hydrogen-bond donors (Lipinski definition) is 2. The van der Waals surface area contributed by atoms with E-state index in [2.05, 4.69) is 4.98 Å². The minimum atomic E-state index is -0.952. The highest BCUT2D eigenvalue weighted by atomic mass is 16.3. The van der Waals surface area contributed by atoms with Crippen molar-refractivity contribution >= 4 is 16.6 Å². The quantitative estimate of drug-likeness (QED) is 0.744. The topological polar surface area (TPSA) is 59.1 Å². The van der Waals surface area contributed by atoms with Crippen LogP contribution in [0.3, 0.4) is 0 Å². The second-order valence-corrected chi connectivity index (χ2v) is 4.16. The van der Waals surface area contributed by atoms with Gasteiger partial charge in [0, 0.05) is 10.9 Å². The number of nitrogens with two attached hydrogens (primary N) is 1. The number of rotatable bonds is 1. The summed E-state index contributed by atoms with van der Waals surface area (Å²) in [7, 11) is 0. The molecule has 3 nitrogen and oxygen atoms in total. The summed E-state index contributed by atoms with van der Waals surface area (Å²) in [5.74, 6) is 0. The van der Waals surface area contributed by atoms with Crippen molar-refractivity contribution < 1.29 is 5.11 Å². The first-order chi connectivity index (χ1) is 7.00. The first-order valence-electron chi connectivity index (χ1n) is 4.86. The minimum absolute atomic E-state index is 0.529. The zero-order valence-corrected chi connectivity index (χ0v) is 8.86. The summed E-state index contributed by atoms with van der Waals surface area (Å²) in [6, 6.07) is 7.66. The molecule has 1 aromatic carbocycles. The summed E-state index contributed by atoms with van der Waals surface area (Å²) in [4.78, 5) is 4.22. The molecule has 78 valence electrons. The SMILES string of the molecule is CC(C)(O)c1c(N)cnc2ccccc12. The van der Waals surface area contributed by atoms with E-state index in [-0.39, 0.29) is 0 Å². The van der Waals surface area contributed by atoms with Crippen molar-refractivity contribution in [3.63, 3.8) is 0 Å². The normalized spacial score (nSPS) is 11.9. The van der Waals surface area contributed by atoms with Crippen LogP contribution in [0, 0.1) is 0 Å². The van der Waals surface area contributed by atoms with Gasteiger partial charge in [-0.25, -0.2) is 0 Å². The maximum atomic E-state index is 10.1. The lowest BCUT2D eigenvalue weighted by molar-refractivity contribution is 0.0809. The summed E-state index contributed by atoms with van der Waals surface area (Å²) in [5, 5.41) is 11.0. The molecule has 0 unspecified atom stereocenters. The Labute approximate surface area is 88.6 Å². The van der Waals surface area contributed by atoms with E-state index in [4.69, 9.17) is 5.73 Å². The number of aliphatic hydroxyl groups is 1. The van der Waals surface area contributed by atoms with Gasteiger partial charge in [-0.1, -0.05) is 18.2 Å². The van der Waals surface area contributed by atoms with Crippen molar-refractivity contribution in [2.45, 2.75) is 19.4 Å². The van der Waals surface area contributed by atoms with Gasteiger partial charge in [-0.05, 0) is 19.9 Å². The van der Waals surface area contributed by atoms with Gasteiger partial charge in [0.2, 0.25) is 0 Å². The van der Waals surface area contributed by atoms with Gasteiger partial charge < -0.3 is 10.8 Å². The maximum Gasteiger partial charge on any atom is 0.0867 e. The van der Waals surface area contributed by atoms with Gasteiger partial charge in [0.25, 0.3) is 0 Å². The number of hydrogen-bond acceptors (Lipinski definition) is 3. The van der Waals surface area contributed by atoms with Crippen LogP contribution in [-0.4, -0.2) is 10.1 Å². The first kappa shape index (κ1) is 9.93.